The minimum Gasteiger partial charge on any atom is -0.465 e. The number of halogens is 8. The first kappa shape index (κ1) is 27.2. The number of hydrogen-bond acceptors (Lipinski definition) is 5. The van der Waals surface area contributed by atoms with Gasteiger partial charge in [-0.1, -0.05) is 25.4 Å². The molecule has 2 rings (SSSR count). The lowest BCUT2D eigenvalue weighted by Crippen LogP contribution is -2.36. The SMILES string of the molecule is COC(=O)c1c(F)c(F)c(COC(=O)C(Nc2ccc(C(F)(F)F)cc2Cl)C(C)C)c(F)c1F. The molecule has 34 heavy (non-hydrogen) atoms. The van der Waals surface area contributed by atoms with E-state index < -0.39 is 76.6 Å². The lowest BCUT2D eigenvalue weighted by Gasteiger charge is -2.23. The Balaban J connectivity index is 2.26. The molecule has 0 aliphatic heterocycles. The first-order chi connectivity index (χ1) is 15.7. The average Bonchev–Trinajstić information content (AvgIpc) is 2.75. The van der Waals surface area contributed by atoms with Crippen molar-refractivity contribution in [3.8, 4) is 0 Å². The molecule has 5 nitrogen and oxygen atoms in total. The van der Waals surface area contributed by atoms with E-state index in [0.29, 0.717) is 6.07 Å². The summed E-state index contributed by atoms with van der Waals surface area (Å²) in [6, 6.07) is 1.05. The summed E-state index contributed by atoms with van der Waals surface area (Å²) in [4.78, 5) is 23.9. The maximum absolute atomic E-state index is 14.2. The van der Waals surface area contributed by atoms with E-state index in [9.17, 15) is 40.3 Å². The van der Waals surface area contributed by atoms with Crippen LogP contribution in [0.15, 0.2) is 18.2 Å². The molecule has 0 fully saturated rings. The van der Waals surface area contributed by atoms with Crippen LogP contribution < -0.4 is 5.32 Å². The summed E-state index contributed by atoms with van der Waals surface area (Å²) >= 11 is 5.86. The number of benzene rings is 2. The van der Waals surface area contributed by atoms with Crippen molar-refractivity contribution in [2.24, 2.45) is 5.92 Å². The van der Waals surface area contributed by atoms with Gasteiger partial charge in [0, 0.05) is 0 Å². The van der Waals surface area contributed by atoms with Crippen LogP contribution in [0.4, 0.5) is 36.4 Å². The van der Waals surface area contributed by atoms with Crippen molar-refractivity contribution in [1.82, 2.24) is 0 Å². The van der Waals surface area contributed by atoms with Gasteiger partial charge in [0.25, 0.3) is 0 Å². The second-order valence-electron chi connectivity index (χ2n) is 7.27. The average molecular weight is 516 g/mol. The number of hydrogen-bond donors (Lipinski definition) is 1. The van der Waals surface area contributed by atoms with Gasteiger partial charge in [-0.25, -0.2) is 27.2 Å². The molecule has 0 aromatic heterocycles. The monoisotopic (exact) mass is 515 g/mol. The van der Waals surface area contributed by atoms with Crippen molar-refractivity contribution >= 4 is 29.2 Å². The van der Waals surface area contributed by atoms with Crippen molar-refractivity contribution in [3.05, 3.63) is 63.2 Å². The topological polar surface area (TPSA) is 64.6 Å². The molecule has 1 atom stereocenters. The molecule has 13 heteroatoms. The van der Waals surface area contributed by atoms with Crippen LogP contribution in [0.25, 0.3) is 0 Å². The summed E-state index contributed by atoms with van der Waals surface area (Å²) in [6.07, 6.45) is -4.65. The Morgan fingerprint density at radius 2 is 1.59 bits per heavy atom. The number of carbonyl (C=O) groups is 2. The Morgan fingerprint density at radius 3 is 2.03 bits per heavy atom. The maximum atomic E-state index is 14.2. The number of ether oxygens (including phenoxy) is 2. The third-order valence-electron chi connectivity index (χ3n) is 4.63. The molecule has 0 aliphatic carbocycles. The van der Waals surface area contributed by atoms with Gasteiger partial charge in [0.2, 0.25) is 0 Å². The lowest BCUT2D eigenvalue weighted by atomic mass is 10.0. The van der Waals surface area contributed by atoms with Crippen molar-refractivity contribution < 1.29 is 49.8 Å². The van der Waals surface area contributed by atoms with E-state index in [1.165, 1.54) is 13.8 Å². The normalized spacial score (nSPS) is 12.5. The zero-order chi connectivity index (χ0) is 26.0. The molecule has 0 bridgehead atoms. The van der Waals surface area contributed by atoms with Gasteiger partial charge in [0.15, 0.2) is 23.3 Å². The Labute approximate surface area is 193 Å². The summed E-state index contributed by atoms with van der Waals surface area (Å²) < 4.78 is 104. The summed E-state index contributed by atoms with van der Waals surface area (Å²) in [7, 11) is 0.745. The molecule has 186 valence electrons. The minimum atomic E-state index is -4.65. The first-order valence-corrected chi connectivity index (χ1v) is 9.81. The van der Waals surface area contributed by atoms with E-state index in [1.807, 2.05) is 0 Å². The zero-order valence-corrected chi connectivity index (χ0v) is 18.5. The predicted molar refractivity (Wildman–Crippen MR) is 106 cm³/mol. The Hall–Kier alpha value is -3.02. The van der Waals surface area contributed by atoms with Crippen molar-refractivity contribution in [3.63, 3.8) is 0 Å². The third-order valence-corrected chi connectivity index (χ3v) is 4.94. The summed E-state index contributed by atoms with van der Waals surface area (Å²) in [6.45, 7) is 1.78. The quantitative estimate of drug-likeness (QED) is 0.283. The second-order valence-corrected chi connectivity index (χ2v) is 7.67. The molecule has 1 N–H and O–H groups in total. The fourth-order valence-electron chi connectivity index (χ4n) is 2.79. The van der Waals surface area contributed by atoms with Crippen molar-refractivity contribution in [2.45, 2.75) is 32.7 Å². The zero-order valence-electron chi connectivity index (χ0n) is 17.8. The highest BCUT2D eigenvalue weighted by Crippen LogP contribution is 2.34. The van der Waals surface area contributed by atoms with Crippen molar-refractivity contribution in [1.29, 1.82) is 0 Å². The number of nitrogens with one attached hydrogen (secondary N) is 1. The molecule has 0 saturated heterocycles. The van der Waals surface area contributed by atoms with Crippen LogP contribution in [0.3, 0.4) is 0 Å². The van der Waals surface area contributed by atoms with Gasteiger partial charge >= 0.3 is 18.1 Å². The largest absolute Gasteiger partial charge is 0.465 e. The molecule has 1 unspecified atom stereocenters. The Bertz CT molecular complexity index is 1080. The minimum absolute atomic E-state index is 0.0674. The standard InChI is InChI=1S/C21H17ClF7NO4/c1-8(2)18(30-12-5-4-9(6-11(12)22)21(27,28)29)20(32)34-7-10-14(23)16(25)13(19(31)33-3)17(26)15(10)24/h4-6,8,18,30H,7H2,1-3H3. The number of esters is 2. The smallest absolute Gasteiger partial charge is 0.416 e. The van der Waals surface area contributed by atoms with Crippen LogP contribution in [0.2, 0.25) is 5.02 Å². The van der Waals surface area contributed by atoms with Gasteiger partial charge in [-0.15, -0.1) is 0 Å². The number of alkyl halides is 3. The summed E-state index contributed by atoms with van der Waals surface area (Å²) in [5.41, 5.74) is -3.99. The molecule has 0 spiro atoms. The molecular weight excluding hydrogens is 499 g/mol. The fourth-order valence-corrected chi connectivity index (χ4v) is 3.03. The van der Waals surface area contributed by atoms with Crippen LogP contribution in [0, 0.1) is 29.2 Å². The van der Waals surface area contributed by atoms with E-state index in [2.05, 4.69) is 10.1 Å². The van der Waals surface area contributed by atoms with Gasteiger partial charge in [-0.05, 0) is 24.1 Å². The fraction of sp³-hybridized carbons (Fsp3) is 0.333. The van der Waals surface area contributed by atoms with Crippen LogP contribution in [-0.2, 0) is 27.1 Å². The highest BCUT2D eigenvalue weighted by atomic mass is 35.5. The van der Waals surface area contributed by atoms with E-state index in [4.69, 9.17) is 16.3 Å². The number of rotatable bonds is 7. The number of anilines is 1. The molecule has 0 radical (unpaired) electrons. The molecule has 0 saturated carbocycles. The van der Waals surface area contributed by atoms with E-state index in [1.54, 1.807) is 0 Å². The number of methoxy groups -OCH3 is 1. The van der Waals surface area contributed by atoms with E-state index in [-0.39, 0.29) is 10.7 Å². The molecule has 2 aromatic carbocycles. The molecule has 0 aliphatic rings. The van der Waals surface area contributed by atoms with Gasteiger partial charge < -0.3 is 14.8 Å². The van der Waals surface area contributed by atoms with E-state index >= 15 is 0 Å². The summed E-state index contributed by atoms with van der Waals surface area (Å²) in [5, 5.41) is 2.21. The summed E-state index contributed by atoms with van der Waals surface area (Å²) in [5.74, 6) is -11.4. The van der Waals surface area contributed by atoms with Crippen LogP contribution >= 0.6 is 11.6 Å². The van der Waals surface area contributed by atoms with Gasteiger partial charge in [0.05, 0.1) is 28.9 Å². The highest BCUT2D eigenvalue weighted by molar-refractivity contribution is 6.33. The van der Waals surface area contributed by atoms with Crippen LogP contribution in [0.5, 0.6) is 0 Å². The molecular formula is C21H17ClF7NO4. The second kappa shape index (κ2) is 10.5. The van der Waals surface area contributed by atoms with Gasteiger partial charge in [-0.3, -0.25) is 0 Å². The highest BCUT2D eigenvalue weighted by Gasteiger charge is 2.33. The molecule has 0 heterocycles. The van der Waals surface area contributed by atoms with Crippen LogP contribution in [-0.4, -0.2) is 25.1 Å². The van der Waals surface area contributed by atoms with Crippen molar-refractivity contribution in [2.75, 3.05) is 12.4 Å². The third kappa shape index (κ3) is 5.72. The van der Waals surface area contributed by atoms with Gasteiger partial charge in [0.1, 0.15) is 18.2 Å². The predicted octanol–water partition coefficient (Wildman–Crippen LogP) is 5.88. The number of carbonyl (C=O) groups excluding carboxylic acids is 2. The first-order valence-electron chi connectivity index (χ1n) is 9.43. The molecule has 0 amide bonds. The van der Waals surface area contributed by atoms with E-state index in [0.717, 1.165) is 19.2 Å². The lowest BCUT2D eigenvalue weighted by molar-refractivity contribution is -0.147. The molecule has 2 aromatic rings. The van der Waals surface area contributed by atoms with Crippen LogP contribution in [0.1, 0.15) is 35.3 Å². The Morgan fingerprint density at radius 1 is 1.03 bits per heavy atom. The maximum Gasteiger partial charge on any atom is 0.416 e. The van der Waals surface area contributed by atoms with Gasteiger partial charge in [-0.2, -0.15) is 13.2 Å². The Kier molecular flexibility index (Phi) is 8.40.